The number of para-hydroxylation sites is 1. The predicted octanol–water partition coefficient (Wildman–Crippen LogP) is 2.58. The van der Waals surface area contributed by atoms with Crippen molar-refractivity contribution in [3.63, 3.8) is 0 Å². The quantitative estimate of drug-likeness (QED) is 0.348. The molecule has 11 nitrogen and oxygen atoms in total. The van der Waals surface area contributed by atoms with E-state index in [1.54, 1.807) is 32.0 Å². The van der Waals surface area contributed by atoms with Crippen LogP contribution in [0, 0.1) is 6.92 Å². The zero-order valence-corrected chi connectivity index (χ0v) is 20.9. The van der Waals surface area contributed by atoms with Gasteiger partial charge in [-0.05, 0) is 45.9 Å². The van der Waals surface area contributed by atoms with Crippen molar-refractivity contribution in [2.24, 2.45) is 0 Å². The first-order valence-corrected chi connectivity index (χ1v) is 12.6. The van der Waals surface area contributed by atoms with Gasteiger partial charge in [-0.25, -0.2) is 9.36 Å². The molecular formula is C22H28F2N3O8P. The van der Waals surface area contributed by atoms with E-state index in [0.717, 1.165) is 6.20 Å². The van der Waals surface area contributed by atoms with Gasteiger partial charge in [0.25, 0.3) is 0 Å². The Morgan fingerprint density at radius 1 is 1.28 bits per heavy atom. The number of aromatic nitrogens is 2. The maximum Gasteiger partial charge on any atom is 0.459 e. The number of halogens is 2. The molecule has 2 aromatic rings. The smallest absolute Gasteiger partial charge is 0.459 e. The van der Waals surface area contributed by atoms with E-state index < -0.39 is 62.5 Å². The third-order valence-electron chi connectivity index (χ3n) is 5.04. The molecule has 1 unspecified atom stereocenters. The lowest BCUT2D eigenvalue weighted by Crippen LogP contribution is -2.42. The van der Waals surface area contributed by atoms with E-state index >= 15 is 0 Å². The lowest BCUT2D eigenvalue weighted by atomic mass is 10.1. The number of nitrogens with one attached hydrogen (secondary N) is 1. The molecule has 0 saturated carbocycles. The number of carbonyl (C=O) groups excluding carboxylic acids is 1. The standard InChI is InChI=1S/C22H28F2N3O8P/c1-13(2)33-19(29)15(4)26-36(31,35-16-8-6-5-7-9-16)32-12-17-18(28)22(23,24)20(34-17)27-11-10-14(3)25-21(27)30/h5-11,13,15,17-18,20,28H,12H2,1-4H3,(H,26,31)/t15-,17-,18-,20-,36?/m1/s1. The highest BCUT2D eigenvalue weighted by Crippen LogP contribution is 2.48. The van der Waals surface area contributed by atoms with Crippen LogP contribution < -0.4 is 15.3 Å². The van der Waals surface area contributed by atoms with Gasteiger partial charge in [0.15, 0.2) is 6.10 Å². The average molecular weight is 531 g/mol. The Kier molecular flexibility index (Phi) is 8.63. The normalized spacial score (nSPS) is 23.7. The summed E-state index contributed by atoms with van der Waals surface area (Å²) >= 11 is 0. The summed E-state index contributed by atoms with van der Waals surface area (Å²) < 4.78 is 64.8. The van der Waals surface area contributed by atoms with Crippen molar-refractivity contribution in [3.05, 3.63) is 58.8 Å². The fraction of sp³-hybridized carbons (Fsp3) is 0.500. The Morgan fingerprint density at radius 2 is 1.94 bits per heavy atom. The SMILES string of the molecule is Cc1ccn([C@@H]2O[C@H](COP(=O)(N[C@H](C)C(=O)OC(C)C)Oc3ccccc3)[C@@H](O)C2(F)F)c(=O)n1. The topological polar surface area (TPSA) is 138 Å². The van der Waals surface area contributed by atoms with E-state index in [9.17, 15) is 28.0 Å². The monoisotopic (exact) mass is 531 g/mol. The zero-order chi connectivity index (χ0) is 26.7. The van der Waals surface area contributed by atoms with Gasteiger partial charge >= 0.3 is 25.3 Å². The first kappa shape index (κ1) is 27.9. The van der Waals surface area contributed by atoms with Crippen LogP contribution in [0.15, 0.2) is 47.4 Å². The summed E-state index contributed by atoms with van der Waals surface area (Å²) in [5.74, 6) is -4.55. The van der Waals surface area contributed by atoms with Crippen molar-refractivity contribution in [2.75, 3.05) is 6.61 Å². The lowest BCUT2D eigenvalue weighted by molar-refractivity contribution is -0.149. The third kappa shape index (κ3) is 6.54. The summed E-state index contributed by atoms with van der Waals surface area (Å²) in [4.78, 5) is 27.9. The number of hydrogen-bond acceptors (Lipinski definition) is 9. The molecule has 5 atom stereocenters. The van der Waals surface area contributed by atoms with Gasteiger partial charge in [0.1, 0.15) is 17.9 Å². The lowest BCUT2D eigenvalue weighted by Gasteiger charge is -2.25. The van der Waals surface area contributed by atoms with Crippen LogP contribution in [0.1, 0.15) is 32.7 Å². The van der Waals surface area contributed by atoms with Gasteiger partial charge in [0, 0.05) is 11.9 Å². The highest BCUT2D eigenvalue weighted by atomic mass is 31.2. The molecule has 0 radical (unpaired) electrons. The molecule has 1 aromatic heterocycles. The van der Waals surface area contributed by atoms with Crippen LogP contribution in [0.3, 0.4) is 0 Å². The first-order valence-electron chi connectivity index (χ1n) is 11.1. The molecule has 1 aliphatic rings. The van der Waals surface area contributed by atoms with Crippen molar-refractivity contribution in [3.8, 4) is 5.75 Å². The van der Waals surface area contributed by atoms with Gasteiger partial charge in [-0.3, -0.25) is 13.9 Å². The molecule has 14 heteroatoms. The summed E-state index contributed by atoms with van der Waals surface area (Å²) in [6, 6.07) is 7.98. The van der Waals surface area contributed by atoms with Crippen molar-refractivity contribution in [1.82, 2.24) is 14.6 Å². The van der Waals surface area contributed by atoms with E-state index in [1.165, 1.54) is 32.0 Å². The Hall–Kier alpha value is -2.70. The van der Waals surface area contributed by atoms with Crippen LogP contribution >= 0.6 is 7.75 Å². The van der Waals surface area contributed by atoms with Crippen LogP contribution in [0.25, 0.3) is 0 Å². The summed E-state index contributed by atoms with van der Waals surface area (Å²) in [6.45, 7) is 5.30. The molecule has 1 saturated heterocycles. The number of rotatable bonds is 10. The van der Waals surface area contributed by atoms with Gasteiger partial charge in [0.2, 0.25) is 6.23 Å². The molecule has 1 fully saturated rings. The number of alkyl halides is 2. The second kappa shape index (κ2) is 11.1. The molecule has 0 bridgehead atoms. The van der Waals surface area contributed by atoms with Crippen molar-refractivity contribution in [2.45, 2.75) is 64.2 Å². The summed E-state index contributed by atoms with van der Waals surface area (Å²) in [6.07, 6.45) is -5.66. The van der Waals surface area contributed by atoms with Crippen LogP contribution in [-0.4, -0.2) is 57.5 Å². The zero-order valence-electron chi connectivity index (χ0n) is 20.0. The highest BCUT2D eigenvalue weighted by molar-refractivity contribution is 7.52. The van der Waals surface area contributed by atoms with Crippen LogP contribution in [0.4, 0.5) is 8.78 Å². The van der Waals surface area contributed by atoms with Gasteiger partial charge in [-0.2, -0.15) is 18.9 Å². The van der Waals surface area contributed by atoms with Crippen molar-refractivity contribution < 1.29 is 41.8 Å². The number of aliphatic hydroxyl groups is 1. The van der Waals surface area contributed by atoms with Crippen LogP contribution in [0.5, 0.6) is 5.75 Å². The minimum Gasteiger partial charge on any atom is -0.462 e. The third-order valence-corrected chi connectivity index (χ3v) is 6.68. The minimum absolute atomic E-state index is 0.103. The number of benzene rings is 1. The maximum absolute atomic E-state index is 14.8. The number of carbonyl (C=O) groups is 1. The summed E-state index contributed by atoms with van der Waals surface area (Å²) in [5.41, 5.74) is -0.682. The molecule has 36 heavy (non-hydrogen) atoms. The van der Waals surface area contributed by atoms with Crippen molar-refractivity contribution in [1.29, 1.82) is 0 Å². The predicted molar refractivity (Wildman–Crippen MR) is 123 cm³/mol. The van der Waals surface area contributed by atoms with E-state index in [-0.39, 0.29) is 5.75 Å². The Bertz CT molecular complexity index is 1160. The number of aryl methyl sites for hydroxylation is 1. The first-order chi connectivity index (χ1) is 16.8. The van der Waals surface area contributed by atoms with E-state index in [4.69, 9.17) is 18.5 Å². The summed E-state index contributed by atoms with van der Waals surface area (Å²) in [5, 5.41) is 12.6. The van der Waals surface area contributed by atoms with Gasteiger partial charge in [-0.15, -0.1) is 0 Å². The molecule has 0 aliphatic carbocycles. The number of esters is 1. The second-order valence-corrected chi connectivity index (χ2v) is 10.1. The molecule has 198 valence electrons. The number of aliphatic hydroxyl groups excluding tert-OH is 1. The summed E-state index contributed by atoms with van der Waals surface area (Å²) in [7, 11) is -4.39. The number of nitrogens with zero attached hydrogens (tertiary/aromatic N) is 2. The maximum atomic E-state index is 14.8. The van der Waals surface area contributed by atoms with Crippen LogP contribution in [0.2, 0.25) is 0 Å². The largest absolute Gasteiger partial charge is 0.462 e. The fourth-order valence-corrected chi connectivity index (χ4v) is 4.79. The minimum atomic E-state index is -4.39. The van der Waals surface area contributed by atoms with Crippen molar-refractivity contribution >= 4 is 13.7 Å². The molecule has 0 amide bonds. The number of hydrogen-bond donors (Lipinski definition) is 2. The van der Waals surface area contributed by atoms with Gasteiger partial charge in [-0.1, -0.05) is 18.2 Å². The van der Waals surface area contributed by atoms with Gasteiger partial charge in [0.05, 0.1) is 12.7 Å². The van der Waals surface area contributed by atoms with E-state index in [0.29, 0.717) is 10.3 Å². The molecule has 3 rings (SSSR count). The molecular weight excluding hydrogens is 503 g/mol. The molecule has 2 heterocycles. The Labute approximate surface area is 205 Å². The molecule has 1 aromatic carbocycles. The molecule has 2 N–H and O–H groups in total. The average Bonchev–Trinajstić information content (AvgIpc) is 3.01. The molecule has 0 spiro atoms. The Morgan fingerprint density at radius 3 is 2.56 bits per heavy atom. The second-order valence-electron chi connectivity index (χ2n) is 8.44. The fourth-order valence-electron chi connectivity index (χ4n) is 3.29. The van der Waals surface area contributed by atoms with Crippen LogP contribution in [-0.2, 0) is 23.4 Å². The van der Waals surface area contributed by atoms with E-state index in [2.05, 4.69) is 10.1 Å². The number of ether oxygens (including phenoxy) is 2. The Balaban J connectivity index is 1.79. The van der Waals surface area contributed by atoms with Gasteiger partial charge < -0.3 is 19.1 Å². The highest BCUT2D eigenvalue weighted by Gasteiger charge is 2.60. The molecule has 1 aliphatic heterocycles. The van der Waals surface area contributed by atoms with E-state index in [1.807, 2.05) is 0 Å².